The van der Waals surface area contributed by atoms with Gasteiger partial charge in [0.2, 0.25) is 5.88 Å². The molecule has 0 unspecified atom stereocenters. The van der Waals surface area contributed by atoms with E-state index >= 15 is 0 Å². The molecule has 0 saturated heterocycles. The van der Waals surface area contributed by atoms with E-state index in [1.807, 2.05) is 0 Å². The lowest BCUT2D eigenvalue weighted by molar-refractivity contribution is -0.116. The number of methoxy groups -OCH3 is 1. The number of carbonyl (C=O) groups is 1. The Morgan fingerprint density at radius 3 is 2.69 bits per heavy atom. The van der Waals surface area contributed by atoms with E-state index in [1.54, 1.807) is 0 Å². The van der Waals surface area contributed by atoms with Gasteiger partial charge in [-0.25, -0.2) is 18.4 Å². The third kappa shape index (κ3) is 4.35. The van der Waals surface area contributed by atoms with E-state index in [0.29, 0.717) is 11.6 Å². The molecule has 1 aromatic heterocycles. The maximum atomic E-state index is 11.3. The van der Waals surface area contributed by atoms with Gasteiger partial charge < -0.3 is 4.74 Å². The summed E-state index contributed by atoms with van der Waals surface area (Å²) in [6.07, 6.45) is 2.25. The Bertz CT molecular complexity index is 484. The monoisotopic (exact) mass is 244 g/mol. The summed E-state index contributed by atoms with van der Waals surface area (Å²) in [7, 11) is -1.83. The molecule has 0 amide bonds. The number of aromatic nitrogens is 2. The van der Waals surface area contributed by atoms with E-state index in [1.165, 1.54) is 19.5 Å². The first-order valence-corrected chi connectivity index (χ1v) is 6.51. The van der Waals surface area contributed by atoms with Crippen LogP contribution in [0, 0.1) is 0 Å². The second kappa shape index (κ2) is 5.02. The maximum absolute atomic E-state index is 11.3. The average molecular weight is 244 g/mol. The van der Waals surface area contributed by atoms with Crippen LogP contribution in [-0.4, -0.2) is 43.3 Å². The van der Waals surface area contributed by atoms with Gasteiger partial charge in [0, 0.05) is 12.3 Å². The van der Waals surface area contributed by atoms with Crippen molar-refractivity contribution < 1.29 is 17.9 Å². The first-order chi connectivity index (χ1) is 7.40. The molecule has 0 N–H and O–H groups in total. The molecule has 0 spiro atoms. The minimum absolute atomic E-state index is 0.0358. The maximum Gasteiger partial charge on any atom is 0.216 e. The highest BCUT2D eigenvalue weighted by Crippen LogP contribution is 2.06. The van der Waals surface area contributed by atoms with Crippen LogP contribution in [0.4, 0.5) is 0 Å². The summed E-state index contributed by atoms with van der Waals surface area (Å²) in [5.74, 6) is -0.528. The third-order valence-electron chi connectivity index (χ3n) is 1.71. The quantitative estimate of drug-likeness (QED) is 0.703. The normalized spacial score (nSPS) is 11.1. The van der Waals surface area contributed by atoms with E-state index in [4.69, 9.17) is 4.74 Å². The molecule has 0 fully saturated rings. The molecule has 0 radical (unpaired) electrons. The Balaban J connectivity index is 2.70. The highest BCUT2D eigenvalue weighted by atomic mass is 32.2. The Hall–Kier alpha value is -1.50. The van der Waals surface area contributed by atoms with Gasteiger partial charge in [-0.05, 0) is 0 Å². The van der Waals surface area contributed by atoms with Crippen molar-refractivity contribution >= 4 is 15.6 Å². The SMILES string of the molecule is COc1cc(CC(=O)CS(C)(=O)=O)ncn1. The van der Waals surface area contributed by atoms with Gasteiger partial charge in [-0.2, -0.15) is 0 Å². The van der Waals surface area contributed by atoms with Crippen molar-refractivity contribution in [3.05, 3.63) is 18.1 Å². The lowest BCUT2D eigenvalue weighted by Crippen LogP contribution is -2.17. The van der Waals surface area contributed by atoms with Gasteiger partial charge in [-0.15, -0.1) is 0 Å². The molecule has 0 saturated carbocycles. The number of hydrogen-bond acceptors (Lipinski definition) is 6. The number of rotatable bonds is 5. The first-order valence-electron chi connectivity index (χ1n) is 4.45. The molecule has 1 aromatic rings. The zero-order valence-corrected chi connectivity index (χ0v) is 9.82. The van der Waals surface area contributed by atoms with Crippen molar-refractivity contribution in [2.45, 2.75) is 6.42 Å². The zero-order valence-electron chi connectivity index (χ0n) is 9.00. The van der Waals surface area contributed by atoms with E-state index in [0.717, 1.165) is 6.26 Å². The summed E-state index contributed by atoms with van der Waals surface area (Å²) < 4.78 is 26.6. The summed E-state index contributed by atoms with van der Waals surface area (Å²) in [6, 6.07) is 1.50. The van der Waals surface area contributed by atoms with Crippen LogP contribution in [0.15, 0.2) is 12.4 Å². The van der Waals surface area contributed by atoms with Crippen LogP contribution in [0.25, 0.3) is 0 Å². The number of hydrogen-bond donors (Lipinski definition) is 0. The largest absolute Gasteiger partial charge is 0.481 e. The Morgan fingerprint density at radius 1 is 1.44 bits per heavy atom. The molecule has 0 aromatic carbocycles. The summed E-state index contributed by atoms with van der Waals surface area (Å²) in [5, 5.41) is 0. The van der Waals surface area contributed by atoms with E-state index in [9.17, 15) is 13.2 Å². The molecular weight excluding hydrogens is 232 g/mol. The summed E-state index contributed by atoms with van der Waals surface area (Å²) in [5.41, 5.74) is 0.445. The summed E-state index contributed by atoms with van der Waals surface area (Å²) in [4.78, 5) is 19.0. The van der Waals surface area contributed by atoms with Crippen LogP contribution in [0.1, 0.15) is 5.69 Å². The second-order valence-electron chi connectivity index (χ2n) is 3.34. The zero-order chi connectivity index (χ0) is 12.2. The van der Waals surface area contributed by atoms with Crippen molar-refractivity contribution in [3.8, 4) is 5.88 Å². The van der Waals surface area contributed by atoms with Crippen LogP contribution in [0.5, 0.6) is 5.88 Å². The molecule has 16 heavy (non-hydrogen) atoms. The molecular formula is C9H12N2O4S. The minimum Gasteiger partial charge on any atom is -0.481 e. The number of ketones is 1. The van der Waals surface area contributed by atoms with Gasteiger partial charge in [-0.3, -0.25) is 4.79 Å². The van der Waals surface area contributed by atoms with Crippen molar-refractivity contribution in [1.82, 2.24) is 9.97 Å². The number of carbonyl (C=O) groups excluding carboxylic acids is 1. The van der Waals surface area contributed by atoms with Crippen LogP contribution < -0.4 is 4.74 Å². The highest BCUT2D eigenvalue weighted by molar-refractivity contribution is 7.91. The van der Waals surface area contributed by atoms with Crippen molar-refractivity contribution in [2.24, 2.45) is 0 Å². The molecule has 0 atom stereocenters. The predicted octanol–water partition coefficient (Wildman–Crippen LogP) is -0.359. The van der Waals surface area contributed by atoms with Gasteiger partial charge in [0.25, 0.3) is 0 Å². The molecule has 0 bridgehead atoms. The fraction of sp³-hybridized carbons (Fsp3) is 0.444. The molecule has 7 heteroatoms. The van der Waals surface area contributed by atoms with Crippen LogP contribution in [0.2, 0.25) is 0 Å². The number of sulfone groups is 1. The molecule has 0 aliphatic rings. The number of Topliss-reactive ketones (excluding diaryl/α,β-unsaturated/α-hetero) is 1. The molecule has 1 heterocycles. The van der Waals surface area contributed by atoms with Gasteiger partial charge >= 0.3 is 0 Å². The predicted molar refractivity (Wildman–Crippen MR) is 57.0 cm³/mol. The minimum atomic E-state index is -3.28. The van der Waals surface area contributed by atoms with E-state index < -0.39 is 21.4 Å². The van der Waals surface area contributed by atoms with Crippen LogP contribution >= 0.6 is 0 Å². The van der Waals surface area contributed by atoms with Gasteiger partial charge in [-0.1, -0.05) is 0 Å². The fourth-order valence-corrected chi connectivity index (χ4v) is 1.82. The van der Waals surface area contributed by atoms with Crippen molar-refractivity contribution in [2.75, 3.05) is 19.1 Å². The lowest BCUT2D eigenvalue weighted by Gasteiger charge is -2.01. The fourth-order valence-electron chi connectivity index (χ4n) is 1.13. The van der Waals surface area contributed by atoms with Crippen molar-refractivity contribution in [3.63, 3.8) is 0 Å². The highest BCUT2D eigenvalue weighted by Gasteiger charge is 2.12. The van der Waals surface area contributed by atoms with Gasteiger partial charge in [0.15, 0.2) is 15.6 Å². The average Bonchev–Trinajstić information content (AvgIpc) is 2.15. The van der Waals surface area contributed by atoms with Gasteiger partial charge in [0.1, 0.15) is 12.1 Å². The summed E-state index contributed by atoms with van der Waals surface area (Å²) in [6.45, 7) is 0. The first kappa shape index (κ1) is 12.6. The van der Waals surface area contributed by atoms with Crippen LogP contribution in [-0.2, 0) is 21.1 Å². The van der Waals surface area contributed by atoms with E-state index in [2.05, 4.69) is 9.97 Å². The smallest absolute Gasteiger partial charge is 0.216 e. The number of ether oxygens (including phenoxy) is 1. The molecule has 0 aliphatic heterocycles. The molecule has 1 rings (SSSR count). The standard InChI is InChI=1S/C9H12N2O4S/c1-15-9-4-7(10-6-11-9)3-8(12)5-16(2,13)14/h4,6H,3,5H2,1-2H3. The Kier molecular flexibility index (Phi) is 3.94. The lowest BCUT2D eigenvalue weighted by atomic mass is 10.2. The molecule has 0 aliphatic carbocycles. The molecule has 88 valence electrons. The van der Waals surface area contributed by atoms with Crippen molar-refractivity contribution in [1.29, 1.82) is 0 Å². The Morgan fingerprint density at radius 2 is 2.12 bits per heavy atom. The second-order valence-corrected chi connectivity index (χ2v) is 5.48. The number of nitrogens with zero attached hydrogens (tertiary/aromatic N) is 2. The molecule has 6 nitrogen and oxygen atoms in total. The van der Waals surface area contributed by atoms with Crippen LogP contribution in [0.3, 0.4) is 0 Å². The summed E-state index contributed by atoms with van der Waals surface area (Å²) >= 11 is 0. The van der Waals surface area contributed by atoms with Gasteiger partial charge in [0.05, 0.1) is 19.2 Å². The Labute approximate surface area is 93.6 Å². The third-order valence-corrected chi connectivity index (χ3v) is 2.56. The topological polar surface area (TPSA) is 86.2 Å². The van der Waals surface area contributed by atoms with E-state index in [-0.39, 0.29) is 6.42 Å².